The minimum absolute atomic E-state index is 0.0798. The molecule has 0 unspecified atom stereocenters. The van der Waals surface area contributed by atoms with Gasteiger partial charge in [-0.15, -0.1) is 11.3 Å². The van der Waals surface area contributed by atoms with E-state index in [1.165, 1.54) is 13.8 Å². The number of fused-ring (bicyclic) bond motifs is 5. The number of aliphatic hydroxyl groups excluding tert-OH is 1. The lowest BCUT2D eigenvalue weighted by molar-refractivity contribution is -0.340. The molecule has 224 valence electrons. The molecule has 2 N–H and O–H groups in total. The van der Waals surface area contributed by atoms with Gasteiger partial charge in [0.15, 0.2) is 17.5 Å². The van der Waals surface area contributed by atoms with E-state index in [4.69, 9.17) is 18.9 Å². The Bertz CT molecular complexity index is 1320. The van der Waals surface area contributed by atoms with Crippen molar-refractivity contribution in [2.75, 3.05) is 6.61 Å². The summed E-state index contributed by atoms with van der Waals surface area (Å²) in [5, 5.41) is 25.9. The average molecular weight is 591 g/mol. The maximum Gasteiger partial charge on any atom is 0.348 e. The second-order valence-electron chi connectivity index (χ2n) is 12.8. The first-order valence-corrected chi connectivity index (χ1v) is 14.8. The predicted octanol–water partition coefficient (Wildman–Crippen LogP) is 2.99. The van der Waals surface area contributed by atoms with Crippen LogP contribution in [0.2, 0.25) is 0 Å². The maximum atomic E-state index is 14.9. The Kier molecular flexibility index (Phi) is 7.08. The van der Waals surface area contributed by atoms with Crippen LogP contribution in [0.25, 0.3) is 0 Å². The first kappa shape index (κ1) is 29.9. The molecule has 11 heteroatoms. The Balaban J connectivity index is 1.84. The largest absolute Gasteiger partial charge is 0.455 e. The van der Waals surface area contributed by atoms with Crippen molar-refractivity contribution in [3.63, 3.8) is 0 Å². The summed E-state index contributed by atoms with van der Waals surface area (Å²) in [5.41, 5.74) is -5.48. The highest BCUT2D eigenvalue weighted by Crippen LogP contribution is 2.65. The number of ether oxygens (including phenoxy) is 4. The molecule has 1 aromatic heterocycles. The Morgan fingerprint density at radius 2 is 1.80 bits per heavy atom. The van der Waals surface area contributed by atoms with Gasteiger partial charge in [-0.05, 0) is 41.9 Å². The second-order valence-corrected chi connectivity index (χ2v) is 13.7. The van der Waals surface area contributed by atoms with Crippen LogP contribution in [0, 0.1) is 22.7 Å². The topological polar surface area (TPSA) is 146 Å². The number of hydrogen-bond acceptors (Lipinski definition) is 11. The van der Waals surface area contributed by atoms with Crippen molar-refractivity contribution in [3.8, 4) is 0 Å². The van der Waals surface area contributed by atoms with Gasteiger partial charge in [-0.1, -0.05) is 33.8 Å². The van der Waals surface area contributed by atoms with Crippen molar-refractivity contribution < 1.29 is 48.3 Å². The van der Waals surface area contributed by atoms with E-state index < -0.39 is 82.0 Å². The van der Waals surface area contributed by atoms with Gasteiger partial charge >= 0.3 is 17.9 Å². The molecule has 0 spiro atoms. The number of rotatable bonds is 4. The van der Waals surface area contributed by atoms with Crippen molar-refractivity contribution in [1.29, 1.82) is 0 Å². The van der Waals surface area contributed by atoms with Gasteiger partial charge < -0.3 is 29.2 Å². The molecule has 2 heterocycles. The highest BCUT2D eigenvalue weighted by molar-refractivity contribution is 7.11. The lowest BCUT2D eigenvalue weighted by atomic mass is 9.43. The zero-order chi connectivity index (χ0) is 30.3. The van der Waals surface area contributed by atoms with E-state index in [1.54, 1.807) is 45.2 Å². The summed E-state index contributed by atoms with van der Waals surface area (Å²) in [5.74, 6) is -4.03. The number of ketones is 1. The summed E-state index contributed by atoms with van der Waals surface area (Å²) in [6.07, 6.45) is -4.61. The second kappa shape index (κ2) is 9.72. The van der Waals surface area contributed by atoms with E-state index in [2.05, 4.69) is 0 Å². The van der Waals surface area contributed by atoms with E-state index in [9.17, 15) is 29.4 Å². The normalized spacial score (nSPS) is 41.1. The molecule has 0 aromatic carbocycles. The number of esters is 3. The molecule has 10 nitrogen and oxygen atoms in total. The number of Topliss-reactive ketones (excluding diaryl/α,β-unsaturated/α-hetero) is 1. The van der Waals surface area contributed by atoms with Crippen molar-refractivity contribution in [1.82, 2.24) is 0 Å². The summed E-state index contributed by atoms with van der Waals surface area (Å²) in [6.45, 7) is 11.0. The van der Waals surface area contributed by atoms with Crippen molar-refractivity contribution in [2.24, 2.45) is 22.7 Å². The molecule has 3 aliphatic carbocycles. The third-order valence-electron chi connectivity index (χ3n) is 10.4. The number of thiophene rings is 1. The molecule has 9 atom stereocenters. The lowest BCUT2D eigenvalue weighted by Crippen LogP contribution is -2.80. The molecule has 1 saturated heterocycles. The Hall–Kier alpha value is -2.60. The standard InChI is InChI=1S/C30H38O10S/c1-14-11-20-29(13-37-20,40-17(4)32)23-25(39-26(35)19-9-8-10-41-19)30(36)12-18(33)15(2)21(27(30,5)6)22(38-16(3)31)24(34)28(14,23)7/h8-10,14,18,20,22-23,25,33,36H,11-13H2,1-7H3/t14-,18-,20+,22+,23-,25-,28+,29-,30+/m0/s1. The van der Waals surface area contributed by atoms with E-state index in [0.29, 0.717) is 12.0 Å². The number of carbonyl (C=O) groups excluding carboxylic acids is 4. The van der Waals surface area contributed by atoms with Gasteiger partial charge in [-0.25, -0.2) is 4.79 Å². The highest BCUT2D eigenvalue weighted by Gasteiger charge is 2.77. The molecule has 1 aliphatic heterocycles. The van der Waals surface area contributed by atoms with Crippen LogP contribution in [0.5, 0.6) is 0 Å². The molecule has 0 radical (unpaired) electrons. The van der Waals surface area contributed by atoms with Crippen LogP contribution in [0.4, 0.5) is 0 Å². The minimum atomic E-state index is -1.98. The van der Waals surface area contributed by atoms with E-state index in [0.717, 1.165) is 11.3 Å². The van der Waals surface area contributed by atoms with Gasteiger partial charge in [-0.3, -0.25) is 14.4 Å². The maximum absolute atomic E-state index is 14.9. The summed E-state index contributed by atoms with van der Waals surface area (Å²) < 4.78 is 23.9. The van der Waals surface area contributed by atoms with Crippen LogP contribution < -0.4 is 0 Å². The smallest absolute Gasteiger partial charge is 0.348 e. The van der Waals surface area contributed by atoms with Gasteiger partial charge in [0.05, 0.1) is 18.6 Å². The van der Waals surface area contributed by atoms with Crippen molar-refractivity contribution in [3.05, 3.63) is 33.5 Å². The van der Waals surface area contributed by atoms with Crippen molar-refractivity contribution >= 4 is 35.0 Å². The predicted molar refractivity (Wildman–Crippen MR) is 146 cm³/mol. The van der Waals surface area contributed by atoms with Crippen LogP contribution in [0.3, 0.4) is 0 Å². The average Bonchev–Trinajstić information content (AvgIpc) is 3.41. The van der Waals surface area contributed by atoms with Gasteiger partial charge in [0.1, 0.15) is 22.7 Å². The minimum Gasteiger partial charge on any atom is -0.455 e. The number of hydrogen-bond donors (Lipinski definition) is 2. The quantitative estimate of drug-likeness (QED) is 0.305. The summed E-state index contributed by atoms with van der Waals surface area (Å²) >= 11 is 1.16. The van der Waals surface area contributed by atoms with Crippen LogP contribution in [-0.2, 0) is 33.3 Å². The Morgan fingerprint density at radius 1 is 1.12 bits per heavy atom. The number of aliphatic hydroxyl groups is 2. The zero-order valence-electron chi connectivity index (χ0n) is 24.4. The van der Waals surface area contributed by atoms with E-state index >= 15 is 0 Å². The fourth-order valence-corrected chi connectivity index (χ4v) is 8.62. The summed E-state index contributed by atoms with van der Waals surface area (Å²) in [4.78, 5) is 53.9. The van der Waals surface area contributed by atoms with Crippen molar-refractivity contribution in [2.45, 2.75) is 96.9 Å². The third-order valence-corrected chi connectivity index (χ3v) is 11.2. The molecule has 0 amide bonds. The van der Waals surface area contributed by atoms with Gasteiger partial charge in [-0.2, -0.15) is 0 Å². The van der Waals surface area contributed by atoms with Crippen LogP contribution >= 0.6 is 11.3 Å². The first-order valence-electron chi connectivity index (χ1n) is 13.9. The van der Waals surface area contributed by atoms with Crippen LogP contribution in [0.1, 0.15) is 71.0 Å². The molecule has 3 fully saturated rings. The summed E-state index contributed by atoms with van der Waals surface area (Å²) in [7, 11) is 0. The van der Waals surface area contributed by atoms with Gasteiger partial charge in [0, 0.05) is 31.1 Å². The van der Waals surface area contributed by atoms with Gasteiger partial charge in [0.2, 0.25) is 0 Å². The van der Waals surface area contributed by atoms with E-state index in [1.807, 2.05) is 6.92 Å². The molecule has 2 bridgehead atoms. The Morgan fingerprint density at radius 3 is 2.34 bits per heavy atom. The SMILES string of the molecule is CC(=O)O[C@H]1C(=O)[C@@]2(C)[C@H]([C@H](OC(=O)c3cccs3)[C@]3(O)C[C@H](O)C(C)=C1C3(C)C)[C@]1(OC(C)=O)CO[C@@H]1C[C@@H]2C. The monoisotopic (exact) mass is 590 g/mol. The highest BCUT2D eigenvalue weighted by atomic mass is 32.1. The molecule has 5 rings (SSSR count). The van der Waals surface area contributed by atoms with E-state index in [-0.39, 0.29) is 23.5 Å². The molecule has 1 aromatic rings. The molecular formula is C30H38O10S. The fraction of sp³-hybridized carbons (Fsp3) is 0.667. The van der Waals surface area contributed by atoms with Crippen LogP contribution in [-0.4, -0.2) is 76.1 Å². The molecular weight excluding hydrogens is 552 g/mol. The Labute approximate surface area is 243 Å². The molecule has 4 aliphatic rings. The third kappa shape index (κ3) is 4.06. The first-order chi connectivity index (χ1) is 19.0. The molecule has 41 heavy (non-hydrogen) atoms. The van der Waals surface area contributed by atoms with Gasteiger partial charge in [0.25, 0.3) is 0 Å². The zero-order valence-corrected chi connectivity index (χ0v) is 25.2. The lowest BCUT2D eigenvalue weighted by Gasteiger charge is -2.68. The fourth-order valence-electron chi connectivity index (χ4n) is 8.01. The number of carbonyl (C=O) groups is 4. The molecule has 2 saturated carbocycles. The van der Waals surface area contributed by atoms with Crippen LogP contribution in [0.15, 0.2) is 28.7 Å². The summed E-state index contributed by atoms with van der Waals surface area (Å²) in [6, 6.07) is 3.29.